The lowest BCUT2D eigenvalue weighted by atomic mass is 9.93. The van der Waals surface area contributed by atoms with Crippen LogP contribution in [0, 0.1) is 0 Å². The minimum Gasteiger partial charge on any atom is -0.449 e. The number of anilines is 1. The van der Waals surface area contributed by atoms with Gasteiger partial charge in [0.15, 0.2) is 5.05 Å². The normalized spacial score (nSPS) is 12.1. The summed E-state index contributed by atoms with van der Waals surface area (Å²) in [6.45, 7) is 16.6. The molecule has 0 saturated carbocycles. The molecule has 0 aliphatic rings. The molecule has 0 aliphatic carbocycles. The van der Waals surface area contributed by atoms with Gasteiger partial charge < -0.3 is 4.74 Å². The third-order valence-corrected chi connectivity index (χ3v) is 7.04. The molecule has 0 amide bonds. The third-order valence-electron chi connectivity index (χ3n) is 5.47. The molecule has 0 saturated heterocycles. The Bertz CT molecular complexity index is 1000. The second kappa shape index (κ2) is 10.8. The molecule has 6 heteroatoms. The molecule has 0 aromatic heterocycles. The van der Waals surface area contributed by atoms with E-state index in [9.17, 15) is 8.42 Å². The van der Waals surface area contributed by atoms with Gasteiger partial charge in [0.1, 0.15) is 11.5 Å². The maximum Gasteiger partial charge on any atom is 0.240 e. The summed E-state index contributed by atoms with van der Waals surface area (Å²) in [7, 11) is -3.75. The first-order valence-electron chi connectivity index (χ1n) is 11.3. The van der Waals surface area contributed by atoms with Gasteiger partial charge in [-0.2, -0.15) is 0 Å². The molecule has 0 fully saturated rings. The van der Waals surface area contributed by atoms with E-state index >= 15 is 0 Å². The fourth-order valence-corrected chi connectivity index (χ4v) is 5.30. The van der Waals surface area contributed by atoms with Crippen LogP contribution in [0.5, 0.6) is 5.75 Å². The van der Waals surface area contributed by atoms with Crippen LogP contribution in [0.3, 0.4) is 0 Å². The molecule has 32 heavy (non-hydrogen) atoms. The fourth-order valence-electron chi connectivity index (χ4n) is 3.76. The zero-order valence-electron chi connectivity index (χ0n) is 20.5. The topological polar surface area (TPSA) is 55.4 Å². The molecule has 0 aliphatic heterocycles. The van der Waals surface area contributed by atoms with Crippen molar-refractivity contribution >= 4 is 33.0 Å². The highest BCUT2D eigenvalue weighted by Crippen LogP contribution is 2.35. The molecule has 0 spiro atoms. The smallest absolute Gasteiger partial charge is 0.240 e. The molecule has 2 aromatic rings. The summed E-state index contributed by atoms with van der Waals surface area (Å²) >= 11 is 5.42. The molecular formula is C26H37NO3S2. The maximum atomic E-state index is 13.1. The molecule has 0 unspecified atom stereocenters. The average Bonchev–Trinajstić information content (AvgIpc) is 2.66. The Morgan fingerprint density at radius 2 is 1.16 bits per heavy atom. The Hall–Kier alpha value is -1.92. The zero-order chi connectivity index (χ0) is 24.2. The van der Waals surface area contributed by atoms with Gasteiger partial charge in [0.2, 0.25) is 10.0 Å². The monoisotopic (exact) mass is 475 g/mol. The van der Waals surface area contributed by atoms with Crippen molar-refractivity contribution in [2.24, 2.45) is 0 Å². The van der Waals surface area contributed by atoms with Crippen molar-refractivity contribution in [3.8, 4) is 5.75 Å². The molecule has 176 valence electrons. The molecule has 0 atom stereocenters. The molecule has 0 radical (unpaired) electrons. The van der Waals surface area contributed by atoms with E-state index in [1.165, 1.54) is 0 Å². The summed E-state index contributed by atoms with van der Waals surface area (Å²) in [5, 5.41) is 0.0422. The van der Waals surface area contributed by atoms with E-state index in [4.69, 9.17) is 17.0 Å². The average molecular weight is 476 g/mol. The molecule has 1 N–H and O–H groups in total. The van der Waals surface area contributed by atoms with Gasteiger partial charge in [-0.3, -0.25) is 4.72 Å². The summed E-state index contributed by atoms with van der Waals surface area (Å²) in [6.07, 6.45) is 0. The van der Waals surface area contributed by atoms with Gasteiger partial charge in [-0.05, 0) is 58.1 Å². The molecule has 0 bridgehead atoms. The second-order valence-electron chi connectivity index (χ2n) is 9.53. The van der Waals surface area contributed by atoms with E-state index in [0.29, 0.717) is 11.4 Å². The van der Waals surface area contributed by atoms with Crippen LogP contribution in [0.2, 0.25) is 0 Å². The van der Waals surface area contributed by atoms with Crippen molar-refractivity contribution in [2.45, 2.75) is 79.1 Å². The maximum absolute atomic E-state index is 13.1. The van der Waals surface area contributed by atoms with Gasteiger partial charge in [-0.25, -0.2) is 8.42 Å². The SMILES string of the molecule is CC(C)c1cccc(C(C)C)c1NS(=O)(=O)CC(=S)Oc1c(C(C)C)cccc1C(C)C. The van der Waals surface area contributed by atoms with Gasteiger partial charge >= 0.3 is 0 Å². The fraction of sp³-hybridized carbons (Fsp3) is 0.500. The number of thiocarbonyl (C=S) groups is 1. The Morgan fingerprint density at radius 1 is 0.781 bits per heavy atom. The minimum atomic E-state index is -3.75. The van der Waals surface area contributed by atoms with Crippen LogP contribution in [0.4, 0.5) is 5.69 Å². The minimum absolute atomic E-state index is 0.0422. The summed E-state index contributed by atoms with van der Waals surface area (Å²) < 4.78 is 35.1. The number of sulfonamides is 1. The van der Waals surface area contributed by atoms with Gasteiger partial charge in [0, 0.05) is 0 Å². The molecule has 2 aromatic carbocycles. The van der Waals surface area contributed by atoms with Crippen LogP contribution in [-0.2, 0) is 10.0 Å². The molecular weight excluding hydrogens is 438 g/mol. The highest BCUT2D eigenvalue weighted by Gasteiger charge is 2.23. The predicted octanol–water partition coefficient (Wildman–Crippen LogP) is 7.33. The van der Waals surface area contributed by atoms with Crippen LogP contribution in [-0.4, -0.2) is 19.2 Å². The Balaban J connectivity index is 2.33. The Labute approximate surface area is 199 Å². The van der Waals surface area contributed by atoms with Crippen molar-refractivity contribution in [1.29, 1.82) is 0 Å². The van der Waals surface area contributed by atoms with E-state index in [1.54, 1.807) is 0 Å². The predicted molar refractivity (Wildman–Crippen MR) is 140 cm³/mol. The summed E-state index contributed by atoms with van der Waals surface area (Å²) in [6, 6.07) is 11.9. The van der Waals surface area contributed by atoms with Gasteiger partial charge in [0.25, 0.3) is 0 Å². The Morgan fingerprint density at radius 3 is 1.53 bits per heavy atom. The van der Waals surface area contributed by atoms with Crippen molar-refractivity contribution in [3.05, 3.63) is 58.7 Å². The lowest BCUT2D eigenvalue weighted by molar-refractivity contribution is 0.532. The van der Waals surface area contributed by atoms with Crippen LogP contribution in [0.25, 0.3) is 0 Å². The lowest BCUT2D eigenvalue weighted by Crippen LogP contribution is -2.26. The number of hydrogen-bond acceptors (Lipinski definition) is 4. The quantitative estimate of drug-likeness (QED) is 0.386. The first-order chi connectivity index (χ1) is 14.8. The van der Waals surface area contributed by atoms with Crippen molar-refractivity contribution in [1.82, 2.24) is 0 Å². The van der Waals surface area contributed by atoms with Crippen LogP contribution in [0.1, 0.15) is 101 Å². The summed E-state index contributed by atoms with van der Waals surface area (Å²) in [4.78, 5) is 0. The number of ether oxygens (including phenoxy) is 1. The van der Waals surface area contributed by atoms with Crippen LogP contribution < -0.4 is 9.46 Å². The van der Waals surface area contributed by atoms with Gasteiger partial charge in [-0.1, -0.05) is 91.8 Å². The largest absolute Gasteiger partial charge is 0.449 e. The lowest BCUT2D eigenvalue weighted by Gasteiger charge is -2.22. The van der Waals surface area contributed by atoms with E-state index in [-0.39, 0.29) is 34.5 Å². The van der Waals surface area contributed by atoms with Crippen molar-refractivity contribution < 1.29 is 13.2 Å². The van der Waals surface area contributed by atoms with Crippen molar-refractivity contribution in [3.63, 3.8) is 0 Å². The summed E-state index contributed by atoms with van der Waals surface area (Å²) in [5.41, 5.74) is 4.65. The molecule has 4 nitrogen and oxygen atoms in total. The standard InChI is InChI=1S/C26H37NO3S2/c1-16(2)20-11-9-12-21(17(3)4)25(20)27-32(28,29)15-24(31)30-26-22(18(5)6)13-10-14-23(26)19(7)8/h9-14,16-19,27H,15H2,1-8H3. The second-order valence-corrected chi connectivity index (χ2v) is 11.7. The number of hydrogen-bond donors (Lipinski definition) is 1. The molecule has 0 heterocycles. The van der Waals surface area contributed by atoms with E-state index < -0.39 is 10.0 Å². The molecule has 2 rings (SSSR count). The summed E-state index contributed by atoms with van der Waals surface area (Å²) in [5.74, 6) is 1.13. The van der Waals surface area contributed by atoms with Crippen LogP contribution >= 0.6 is 12.2 Å². The van der Waals surface area contributed by atoms with Crippen molar-refractivity contribution in [2.75, 3.05) is 10.5 Å². The highest BCUT2D eigenvalue weighted by atomic mass is 32.2. The number of benzene rings is 2. The number of nitrogens with one attached hydrogen (secondary N) is 1. The number of para-hydroxylation sites is 2. The van der Waals surface area contributed by atoms with Gasteiger partial charge in [-0.15, -0.1) is 0 Å². The van der Waals surface area contributed by atoms with Gasteiger partial charge in [0.05, 0.1) is 5.69 Å². The third kappa shape index (κ3) is 6.55. The van der Waals surface area contributed by atoms with Crippen LogP contribution in [0.15, 0.2) is 36.4 Å². The van der Waals surface area contributed by atoms with E-state index in [0.717, 1.165) is 22.3 Å². The number of rotatable bonds is 9. The first-order valence-corrected chi connectivity index (χ1v) is 13.4. The first kappa shape index (κ1) is 26.3. The highest BCUT2D eigenvalue weighted by molar-refractivity contribution is 7.95. The Kier molecular flexibility index (Phi) is 8.89. The van der Waals surface area contributed by atoms with E-state index in [1.807, 2.05) is 36.4 Å². The van der Waals surface area contributed by atoms with E-state index in [2.05, 4.69) is 60.1 Å². The zero-order valence-corrected chi connectivity index (χ0v) is 22.2.